The van der Waals surface area contributed by atoms with Gasteiger partial charge in [-0.05, 0) is 49.9 Å². The van der Waals surface area contributed by atoms with E-state index in [1.807, 2.05) is 19.9 Å². The summed E-state index contributed by atoms with van der Waals surface area (Å²) < 4.78 is 16.0. The number of hydrogen-bond acceptors (Lipinski definition) is 4. The van der Waals surface area contributed by atoms with Crippen LogP contribution in [0.1, 0.15) is 53.0 Å². The van der Waals surface area contributed by atoms with Crippen molar-refractivity contribution in [3.63, 3.8) is 0 Å². The van der Waals surface area contributed by atoms with Crippen LogP contribution in [0.5, 0.6) is 0 Å². The van der Waals surface area contributed by atoms with Gasteiger partial charge in [0, 0.05) is 24.7 Å². The van der Waals surface area contributed by atoms with Crippen molar-refractivity contribution in [1.29, 1.82) is 0 Å². The summed E-state index contributed by atoms with van der Waals surface area (Å²) in [7, 11) is 0. The maximum Gasteiger partial charge on any atom is 0.256 e. The Morgan fingerprint density at radius 3 is 3.00 bits per heavy atom. The molecule has 1 aromatic carbocycles. The molecule has 1 atom stereocenters. The standard InChI is InChI=1S/C20H22FN5O/c1-3-14-6-7-17(21)16(10-14)19(27)25-8-4-5-15(11-25)18-9-13(2)24-20-22-12-23-26(18)20/h6-7,9-10,12,15H,3-5,8,11H2,1-2H3. The Morgan fingerprint density at radius 1 is 1.33 bits per heavy atom. The Hall–Kier alpha value is -2.83. The van der Waals surface area contributed by atoms with Crippen LogP contribution in [-0.4, -0.2) is 43.5 Å². The van der Waals surface area contributed by atoms with E-state index in [-0.39, 0.29) is 17.4 Å². The van der Waals surface area contributed by atoms with E-state index in [4.69, 9.17) is 0 Å². The maximum absolute atomic E-state index is 14.3. The van der Waals surface area contributed by atoms with E-state index >= 15 is 0 Å². The maximum atomic E-state index is 14.3. The number of carbonyl (C=O) groups is 1. The molecule has 7 heteroatoms. The third kappa shape index (κ3) is 3.29. The number of piperidine rings is 1. The highest BCUT2D eigenvalue weighted by Crippen LogP contribution is 2.28. The minimum Gasteiger partial charge on any atom is -0.338 e. The second-order valence-electron chi connectivity index (χ2n) is 7.05. The number of fused-ring (bicyclic) bond motifs is 1. The molecule has 0 N–H and O–H groups in total. The van der Waals surface area contributed by atoms with Crippen molar-refractivity contribution in [2.45, 2.75) is 39.0 Å². The van der Waals surface area contributed by atoms with Gasteiger partial charge in [-0.2, -0.15) is 10.1 Å². The molecule has 3 aromatic rings. The van der Waals surface area contributed by atoms with Crippen LogP contribution in [0.3, 0.4) is 0 Å². The molecule has 140 valence electrons. The fraction of sp³-hybridized carbons (Fsp3) is 0.400. The molecular weight excluding hydrogens is 345 g/mol. The fourth-order valence-electron chi connectivity index (χ4n) is 3.78. The van der Waals surface area contributed by atoms with Gasteiger partial charge in [-0.15, -0.1) is 0 Å². The zero-order valence-corrected chi connectivity index (χ0v) is 15.5. The molecule has 0 spiro atoms. The molecule has 4 rings (SSSR count). The van der Waals surface area contributed by atoms with Gasteiger partial charge in [0.1, 0.15) is 12.1 Å². The van der Waals surface area contributed by atoms with Crippen LogP contribution >= 0.6 is 0 Å². The van der Waals surface area contributed by atoms with Gasteiger partial charge in [0.25, 0.3) is 11.7 Å². The van der Waals surface area contributed by atoms with E-state index in [2.05, 4.69) is 15.1 Å². The number of rotatable bonds is 3. The first-order valence-electron chi connectivity index (χ1n) is 9.31. The number of benzene rings is 1. The molecule has 27 heavy (non-hydrogen) atoms. The SMILES string of the molecule is CCc1ccc(F)c(C(=O)N2CCCC(c3cc(C)nc4ncnn34)C2)c1. The molecular formula is C20H22FN5O. The van der Waals surface area contributed by atoms with Gasteiger partial charge < -0.3 is 4.90 Å². The number of aromatic nitrogens is 4. The normalized spacial score (nSPS) is 17.4. The van der Waals surface area contributed by atoms with Crippen LogP contribution in [0, 0.1) is 12.7 Å². The molecule has 0 aliphatic carbocycles. The molecule has 1 fully saturated rings. The highest BCUT2D eigenvalue weighted by Gasteiger charge is 2.29. The number of likely N-dealkylation sites (tertiary alicyclic amines) is 1. The Morgan fingerprint density at radius 2 is 2.19 bits per heavy atom. The highest BCUT2D eigenvalue weighted by molar-refractivity contribution is 5.94. The average Bonchev–Trinajstić information content (AvgIpc) is 3.15. The lowest BCUT2D eigenvalue weighted by atomic mass is 9.93. The Kier molecular flexibility index (Phi) is 4.59. The Bertz CT molecular complexity index is 999. The van der Waals surface area contributed by atoms with Gasteiger partial charge in [0.15, 0.2) is 0 Å². The summed E-state index contributed by atoms with van der Waals surface area (Å²) in [6.45, 7) is 5.09. The second kappa shape index (κ2) is 7.06. The van der Waals surface area contributed by atoms with Gasteiger partial charge in [-0.1, -0.05) is 13.0 Å². The molecule has 3 heterocycles. The highest BCUT2D eigenvalue weighted by atomic mass is 19.1. The first-order chi connectivity index (χ1) is 13.1. The predicted molar refractivity (Wildman–Crippen MR) is 99.2 cm³/mol. The topological polar surface area (TPSA) is 63.4 Å². The van der Waals surface area contributed by atoms with Crippen molar-refractivity contribution in [3.05, 3.63) is 58.9 Å². The summed E-state index contributed by atoms with van der Waals surface area (Å²) >= 11 is 0. The largest absolute Gasteiger partial charge is 0.338 e. The minimum absolute atomic E-state index is 0.117. The zero-order chi connectivity index (χ0) is 19.0. The van der Waals surface area contributed by atoms with Crippen LogP contribution in [-0.2, 0) is 6.42 Å². The molecule has 1 saturated heterocycles. The molecule has 2 aromatic heterocycles. The van der Waals surface area contributed by atoms with Crippen molar-refractivity contribution in [2.24, 2.45) is 0 Å². The summed E-state index contributed by atoms with van der Waals surface area (Å²) in [6, 6.07) is 6.79. The Labute approximate surface area is 157 Å². The summed E-state index contributed by atoms with van der Waals surface area (Å²) in [5.41, 5.74) is 2.99. The van der Waals surface area contributed by atoms with Gasteiger partial charge >= 0.3 is 0 Å². The minimum atomic E-state index is -0.460. The lowest BCUT2D eigenvalue weighted by molar-refractivity contribution is 0.0700. The molecule has 0 radical (unpaired) electrons. The first-order valence-corrected chi connectivity index (χ1v) is 9.31. The number of hydrogen-bond donors (Lipinski definition) is 0. The quantitative estimate of drug-likeness (QED) is 0.713. The smallest absolute Gasteiger partial charge is 0.256 e. The van der Waals surface area contributed by atoms with E-state index < -0.39 is 5.82 Å². The molecule has 0 bridgehead atoms. The number of carbonyl (C=O) groups excluding carboxylic acids is 1. The van der Waals surface area contributed by atoms with E-state index in [0.29, 0.717) is 18.9 Å². The Balaban J connectivity index is 1.63. The van der Waals surface area contributed by atoms with E-state index in [1.165, 1.54) is 12.4 Å². The zero-order valence-electron chi connectivity index (χ0n) is 15.5. The van der Waals surface area contributed by atoms with Gasteiger partial charge in [0.2, 0.25) is 0 Å². The van der Waals surface area contributed by atoms with Crippen molar-refractivity contribution in [2.75, 3.05) is 13.1 Å². The van der Waals surface area contributed by atoms with Crippen molar-refractivity contribution >= 4 is 11.7 Å². The van der Waals surface area contributed by atoms with Crippen LogP contribution in [0.4, 0.5) is 4.39 Å². The summed E-state index contributed by atoms with van der Waals surface area (Å²) in [5, 5.41) is 4.28. The molecule has 6 nitrogen and oxygen atoms in total. The van der Waals surface area contributed by atoms with Crippen molar-refractivity contribution in [1.82, 2.24) is 24.5 Å². The summed E-state index contributed by atoms with van der Waals surface area (Å²) in [4.78, 5) is 23.3. The van der Waals surface area contributed by atoms with Crippen LogP contribution in [0.25, 0.3) is 5.78 Å². The van der Waals surface area contributed by atoms with Gasteiger partial charge in [0.05, 0.1) is 11.3 Å². The lowest BCUT2D eigenvalue weighted by Crippen LogP contribution is -2.40. The summed E-state index contributed by atoms with van der Waals surface area (Å²) in [5.74, 6) is -0.0213. The first kappa shape index (κ1) is 17.6. The number of nitrogens with zero attached hydrogens (tertiary/aromatic N) is 5. The third-order valence-corrected chi connectivity index (χ3v) is 5.20. The van der Waals surface area contributed by atoms with Crippen molar-refractivity contribution in [3.8, 4) is 0 Å². The molecule has 1 aliphatic rings. The lowest BCUT2D eigenvalue weighted by Gasteiger charge is -2.33. The number of halogens is 1. The predicted octanol–water partition coefficient (Wildman–Crippen LogP) is 3.15. The van der Waals surface area contributed by atoms with Crippen molar-refractivity contribution < 1.29 is 9.18 Å². The second-order valence-corrected chi connectivity index (χ2v) is 7.05. The van der Waals surface area contributed by atoms with Gasteiger partial charge in [-0.3, -0.25) is 4.79 Å². The molecule has 1 unspecified atom stereocenters. The third-order valence-electron chi connectivity index (χ3n) is 5.20. The van der Waals surface area contributed by atoms with E-state index in [9.17, 15) is 9.18 Å². The monoisotopic (exact) mass is 367 g/mol. The molecule has 1 amide bonds. The average molecular weight is 367 g/mol. The van der Waals surface area contributed by atoms with E-state index in [1.54, 1.807) is 21.5 Å². The number of aryl methyl sites for hydroxylation is 2. The van der Waals surface area contributed by atoms with E-state index in [0.717, 1.165) is 36.2 Å². The fourth-order valence-corrected chi connectivity index (χ4v) is 3.78. The summed E-state index contributed by atoms with van der Waals surface area (Å²) in [6.07, 6.45) is 4.06. The van der Waals surface area contributed by atoms with Gasteiger partial charge in [-0.25, -0.2) is 13.9 Å². The van der Waals surface area contributed by atoms with Crippen LogP contribution in [0.15, 0.2) is 30.6 Å². The van der Waals surface area contributed by atoms with Crippen LogP contribution < -0.4 is 0 Å². The molecule has 0 saturated carbocycles. The number of amides is 1. The van der Waals surface area contributed by atoms with Crippen LogP contribution in [0.2, 0.25) is 0 Å². The molecule has 1 aliphatic heterocycles.